The van der Waals surface area contributed by atoms with Gasteiger partial charge in [-0.25, -0.2) is 0 Å². The summed E-state index contributed by atoms with van der Waals surface area (Å²) >= 11 is 6.11. The number of aromatic nitrogens is 2. The van der Waals surface area contributed by atoms with Gasteiger partial charge in [0.05, 0.1) is 11.7 Å². The second-order valence-corrected chi connectivity index (χ2v) is 9.78. The molecule has 0 radical (unpaired) electrons. The second kappa shape index (κ2) is 10.6. The Hall–Kier alpha value is -3.48. The fourth-order valence-corrected chi connectivity index (χ4v) is 5.05. The Kier molecular flexibility index (Phi) is 7.16. The number of carbonyl (C=O) groups is 1. The van der Waals surface area contributed by atoms with Crippen molar-refractivity contribution in [2.24, 2.45) is 0 Å². The lowest BCUT2D eigenvalue weighted by Crippen LogP contribution is -2.56. The number of H-pyrrole nitrogens is 1. The third-order valence-electron chi connectivity index (χ3n) is 6.81. The van der Waals surface area contributed by atoms with Crippen LogP contribution in [0.25, 0.3) is 21.9 Å². The molecule has 184 valence electrons. The Labute approximate surface area is 215 Å². The molecule has 1 saturated heterocycles. The minimum absolute atomic E-state index is 0.115. The second-order valence-electron chi connectivity index (χ2n) is 9.34. The number of aromatic amines is 1. The molecule has 1 amide bonds. The van der Waals surface area contributed by atoms with Crippen LogP contribution in [0.4, 0.5) is 0 Å². The van der Waals surface area contributed by atoms with Crippen molar-refractivity contribution in [1.82, 2.24) is 19.8 Å². The van der Waals surface area contributed by atoms with Crippen molar-refractivity contribution in [3.05, 3.63) is 99.7 Å². The van der Waals surface area contributed by atoms with Crippen molar-refractivity contribution in [1.29, 1.82) is 0 Å². The number of amides is 1. The van der Waals surface area contributed by atoms with Gasteiger partial charge in [0.15, 0.2) is 0 Å². The topological polar surface area (TPSA) is 69.3 Å². The zero-order valence-electron chi connectivity index (χ0n) is 20.3. The molecule has 1 N–H and O–H groups in total. The molecule has 1 aliphatic heterocycles. The van der Waals surface area contributed by atoms with Crippen LogP contribution in [-0.4, -0.2) is 44.8 Å². The van der Waals surface area contributed by atoms with Gasteiger partial charge in [-0.3, -0.25) is 19.5 Å². The Balaban J connectivity index is 1.27. The number of nitrogens with zero attached hydrogens (tertiary/aromatic N) is 3. The van der Waals surface area contributed by atoms with Gasteiger partial charge in [-0.1, -0.05) is 55.3 Å². The van der Waals surface area contributed by atoms with E-state index in [2.05, 4.69) is 40.0 Å². The number of halogens is 1. The summed E-state index contributed by atoms with van der Waals surface area (Å²) in [6.07, 6.45) is 5.34. The Bertz CT molecular complexity index is 1410. The quantitative estimate of drug-likeness (QED) is 0.376. The molecule has 36 heavy (non-hydrogen) atoms. The molecule has 5 rings (SSSR count). The van der Waals surface area contributed by atoms with E-state index in [-0.39, 0.29) is 17.5 Å². The summed E-state index contributed by atoms with van der Waals surface area (Å²) in [6.45, 7) is 4.86. The lowest BCUT2D eigenvalue weighted by atomic mass is 10.0. The largest absolute Gasteiger partial charge is 0.336 e. The number of rotatable bonds is 7. The third kappa shape index (κ3) is 5.35. The summed E-state index contributed by atoms with van der Waals surface area (Å²) in [7, 11) is 0. The van der Waals surface area contributed by atoms with Crippen molar-refractivity contribution in [2.45, 2.75) is 38.9 Å². The average molecular weight is 501 g/mol. The standard InChI is InChI=1S/C29H29ClN4O2/c1-2-3-27-29(36)34(18-20-4-6-21(7-5-20)23-9-11-28(35)32-16-23)13-12-33(27)19-26-15-22-8-10-25(30)14-24(22)17-31-26/h4-11,14-17,27H,2-3,12-13,18-19H2,1H3,(H,32,35). The third-order valence-corrected chi connectivity index (χ3v) is 7.04. The monoisotopic (exact) mass is 500 g/mol. The number of nitrogens with one attached hydrogen (secondary N) is 1. The maximum absolute atomic E-state index is 13.5. The predicted octanol–water partition coefficient (Wildman–Crippen LogP) is 5.26. The molecule has 1 atom stereocenters. The maximum Gasteiger partial charge on any atom is 0.247 e. The van der Waals surface area contributed by atoms with Crippen LogP contribution < -0.4 is 5.56 Å². The first-order valence-corrected chi connectivity index (χ1v) is 12.7. The van der Waals surface area contributed by atoms with E-state index in [0.717, 1.165) is 52.5 Å². The normalized spacial score (nSPS) is 16.6. The highest BCUT2D eigenvalue weighted by molar-refractivity contribution is 6.31. The first kappa shape index (κ1) is 24.2. The molecular weight excluding hydrogens is 472 g/mol. The van der Waals surface area contributed by atoms with Gasteiger partial charge in [0.1, 0.15) is 0 Å². The first-order chi connectivity index (χ1) is 17.5. The van der Waals surface area contributed by atoms with Crippen LogP contribution in [0.2, 0.25) is 5.02 Å². The molecule has 1 aliphatic rings. The van der Waals surface area contributed by atoms with E-state index >= 15 is 0 Å². The average Bonchev–Trinajstić information content (AvgIpc) is 2.89. The van der Waals surface area contributed by atoms with Crippen molar-refractivity contribution in [2.75, 3.05) is 13.1 Å². The smallest absolute Gasteiger partial charge is 0.247 e. The van der Waals surface area contributed by atoms with E-state index in [1.54, 1.807) is 6.20 Å². The lowest BCUT2D eigenvalue weighted by molar-refractivity contribution is -0.143. The summed E-state index contributed by atoms with van der Waals surface area (Å²) < 4.78 is 0. The highest BCUT2D eigenvalue weighted by Crippen LogP contribution is 2.24. The van der Waals surface area contributed by atoms with E-state index in [1.807, 2.05) is 47.5 Å². The minimum Gasteiger partial charge on any atom is -0.336 e. The molecule has 1 fully saturated rings. The maximum atomic E-state index is 13.5. The van der Waals surface area contributed by atoms with Gasteiger partial charge < -0.3 is 9.88 Å². The molecule has 6 nitrogen and oxygen atoms in total. The summed E-state index contributed by atoms with van der Waals surface area (Å²) in [6, 6.07) is 19.3. The van der Waals surface area contributed by atoms with Crippen LogP contribution in [0.1, 0.15) is 31.0 Å². The lowest BCUT2D eigenvalue weighted by Gasteiger charge is -2.40. The fraction of sp³-hybridized carbons (Fsp3) is 0.276. The molecule has 3 heterocycles. The highest BCUT2D eigenvalue weighted by atomic mass is 35.5. The molecule has 1 unspecified atom stereocenters. The van der Waals surface area contributed by atoms with Gasteiger partial charge in [0.2, 0.25) is 11.5 Å². The van der Waals surface area contributed by atoms with Gasteiger partial charge >= 0.3 is 0 Å². The van der Waals surface area contributed by atoms with E-state index in [1.165, 1.54) is 6.07 Å². The number of benzene rings is 2. The molecule has 0 spiro atoms. The summed E-state index contributed by atoms with van der Waals surface area (Å²) in [5.41, 5.74) is 3.93. The van der Waals surface area contributed by atoms with Crippen molar-refractivity contribution < 1.29 is 4.79 Å². The summed E-state index contributed by atoms with van der Waals surface area (Å²) in [5, 5.41) is 2.82. The van der Waals surface area contributed by atoms with E-state index in [0.29, 0.717) is 24.7 Å². The van der Waals surface area contributed by atoms with E-state index < -0.39 is 0 Å². The Morgan fingerprint density at radius 1 is 0.944 bits per heavy atom. The van der Waals surface area contributed by atoms with Crippen molar-refractivity contribution in [3.63, 3.8) is 0 Å². The molecule has 2 aromatic carbocycles. The number of pyridine rings is 2. The van der Waals surface area contributed by atoms with Crippen LogP contribution in [0.5, 0.6) is 0 Å². The van der Waals surface area contributed by atoms with Crippen molar-refractivity contribution >= 4 is 28.3 Å². The Morgan fingerprint density at radius 2 is 1.75 bits per heavy atom. The molecule has 0 saturated carbocycles. The van der Waals surface area contributed by atoms with Crippen LogP contribution in [0.3, 0.4) is 0 Å². The molecule has 0 aliphatic carbocycles. The van der Waals surface area contributed by atoms with Gasteiger partial charge in [-0.15, -0.1) is 0 Å². The van der Waals surface area contributed by atoms with E-state index in [4.69, 9.17) is 11.6 Å². The van der Waals surface area contributed by atoms with Crippen LogP contribution >= 0.6 is 11.6 Å². The SMILES string of the molecule is CCCC1C(=O)N(Cc2ccc(-c3ccc(=O)[nH]c3)cc2)CCN1Cc1cc2ccc(Cl)cc2cn1. The first-order valence-electron chi connectivity index (χ1n) is 12.4. The summed E-state index contributed by atoms with van der Waals surface area (Å²) in [4.78, 5) is 36.4. The van der Waals surface area contributed by atoms with Crippen LogP contribution in [0, 0.1) is 0 Å². The van der Waals surface area contributed by atoms with Gasteiger partial charge in [0, 0.05) is 55.0 Å². The summed E-state index contributed by atoms with van der Waals surface area (Å²) in [5.74, 6) is 0.181. The van der Waals surface area contributed by atoms with Crippen molar-refractivity contribution in [3.8, 4) is 11.1 Å². The molecule has 2 aromatic heterocycles. The van der Waals surface area contributed by atoms with Gasteiger partial charge in [-0.2, -0.15) is 0 Å². The number of carbonyl (C=O) groups excluding carboxylic acids is 1. The van der Waals surface area contributed by atoms with Crippen LogP contribution in [0.15, 0.2) is 77.9 Å². The number of hydrogen-bond donors (Lipinski definition) is 1. The van der Waals surface area contributed by atoms with Crippen LogP contribution in [-0.2, 0) is 17.9 Å². The van der Waals surface area contributed by atoms with E-state index in [9.17, 15) is 9.59 Å². The minimum atomic E-state index is -0.146. The Morgan fingerprint density at radius 3 is 2.50 bits per heavy atom. The van der Waals surface area contributed by atoms with Gasteiger partial charge in [-0.05, 0) is 52.8 Å². The zero-order valence-corrected chi connectivity index (χ0v) is 21.0. The predicted molar refractivity (Wildman–Crippen MR) is 144 cm³/mol. The number of hydrogen-bond acceptors (Lipinski definition) is 4. The fourth-order valence-electron chi connectivity index (χ4n) is 4.87. The zero-order chi connectivity index (χ0) is 25.1. The molecule has 7 heteroatoms. The molecular formula is C29H29ClN4O2. The highest BCUT2D eigenvalue weighted by Gasteiger charge is 2.34. The number of piperazine rings is 1. The molecule has 4 aromatic rings. The molecule has 0 bridgehead atoms. The van der Waals surface area contributed by atoms with Gasteiger partial charge in [0.25, 0.3) is 0 Å². The number of fused-ring (bicyclic) bond motifs is 1.